The molecule has 0 bridgehead atoms. The van der Waals surface area contributed by atoms with Crippen molar-refractivity contribution in [3.05, 3.63) is 0 Å². The van der Waals surface area contributed by atoms with Crippen LogP contribution in [0.1, 0.15) is 33.1 Å². The molecule has 16 heavy (non-hydrogen) atoms. The van der Waals surface area contributed by atoms with E-state index in [0.717, 1.165) is 24.9 Å². The monoisotopic (exact) mass is 227 g/mol. The summed E-state index contributed by atoms with van der Waals surface area (Å²) in [6.07, 6.45) is 3.98. The van der Waals surface area contributed by atoms with Crippen LogP contribution in [0, 0.1) is 11.8 Å². The summed E-state index contributed by atoms with van der Waals surface area (Å²) < 4.78 is 0. The number of rotatable bonds is 7. The van der Waals surface area contributed by atoms with Gasteiger partial charge in [0.2, 0.25) is 0 Å². The third-order valence-corrected chi connectivity index (χ3v) is 3.48. The molecule has 1 heterocycles. The van der Waals surface area contributed by atoms with Gasteiger partial charge in [-0.2, -0.15) is 0 Å². The van der Waals surface area contributed by atoms with E-state index >= 15 is 0 Å². The molecule has 0 aromatic rings. The second-order valence-electron chi connectivity index (χ2n) is 5.46. The molecule has 0 spiro atoms. The van der Waals surface area contributed by atoms with Gasteiger partial charge in [-0.15, -0.1) is 0 Å². The molecule has 1 fully saturated rings. The summed E-state index contributed by atoms with van der Waals surface area (Å²) in [7, 11) is 0. The van der Waals surface area contributed by atoms with Gasteiger partial charge in [0.15, 0.2) is 0 Å². The highest BCUT2D eigenvalue weighted by molar-refractivity contribution is 4.73. The van der Waals surface area contributed by atoms with Crippen LogP contribution in [-0.2, 0) is 0 Å². The van der Waals surface area contributed by atoms with Crippen LogP contribution in [0.4, 0.5) is 0 Å². The lowest BCUT2D eigenvalue weighted by molar-refractivity contribution is 0.186. The maximum atomic E-state index is 5.57. The molecule has 0 radical (unpaired) electrons. The van der Waals surface area contributed by atoms with E-state index in [4.69, 9.17) is 5.73 Å². The molecule has 96 valence electrons. The van der Waals surface area contributed by atoms with Crippen LogP contribution in [0.5, 0.6) is 0 Å². The van der Waals surface area contributed by atoms with Crippen molar-refractivity contribution < 1.29 is 0 Å². The predicted molar refractivity (Wildman–Crippen MR) is 70.5 cm³/mol. The van der Waals surface area contributed by atoms with Crippen molar-refractivity contribution in [1.29, 1.82) is 0 Å². The summed E-state index contributed by atoms with van der Waals surface area (Å²) in [5.41, 5.74) is 5.57. The lowest BCUT2D eigenvalue weighted by atomic mass is 9.96. The van der Waals surface area contributed by atoms with Crippen LogP contribution >= 0.6 is 0 Å². The van der Waals surface area contributed by atoms with E-state index in [0.29, 0.717) is 0 Å². The first-order chi connectivity index (χ1) is 7.72. The summed E-state index contributed by atoms with van der Waals surface area (Å²) >= 11 is 0. The van der Waals surface area contributed by atoms with E-state index in [-0.39, 0.29) is 0 Å². The molecule has 0 atom stereocenters. The van der Waals surface area contributed by atoms with Gasteiger partial charge < -0.3 is 16.0 Å². The highest BCUT2D eigenvalue weighted by Gasteiger charge is 2.17. The number of piperidine rings is 1. The lowest BCUT2D eigenvalue weighted by Gasteiger charge is -2.31. The maximum absolute atomic E-state index is 5.57. The van der Waals surface area contributed by atoms with Crippen LogP contribution in [0.3, 0.4) is 0 Å². The Labute approximate surface area is 101 Å². The molecule has 0 saturated carbocycles. The van der Waals surface area contributed by atoms with Gasteiger partial charge in [-0.25, -0.2) is 0 Å². The minimum atomic E-state index is 0.803. The molecular weight excluding hydrogens is 198 g/mol. The van der Waals surface area contributed by atoms with Gasteiger partial charge in [0, 0.05) is 13.1 Å². The second kappa shape index (κ2) is 8.04. The van der Waals surface area contributed by atoms with Gasteiger partial charge >= 0.3 is 0 Å². The second-order valence-corrected chi connectivity index (χ2v) is 5.46. The highest BCUT2D eigenvalue weighted by atomic mass is 15.1. The number of hydrogen-bond acceptors (Lipinski definition) is 3. The van der Waals surface area contributed by atoms with Gasteiger partial charge in [-0.05, 0) is 57.3 Å². The maximum Gasteiger partial charge on any atom is 0.0105 e. The number of nitrogens with zero attached hydrogens (tertiary/aromatic N) is 1. The summed E-state index contributed by atoms with van der Waals surface area (Å²) in [6, 6.07) is 0. The molecule has 3 N–H and O–H groups in total. The molecule has 3 nitrogen and oxygen atoms in total. The molecule has 3 heteroatoms. The van der Waals surface area contributed by atoms with Crippen LogP contribution < -0.4 is 11.1 Å². The fraction of sp³-hybridized carbons (Fsp3) is 1.00. The fourth-order valence-corrected chi connectivity index (χ4v) is 2.29. The van der Waals surface area contributed by atoms with Crippen LogP contribution in [-0.4, -0.2) is 44.2 Å². The van der Waals surface area contributed by atoms with Gasteiger partial charge in [0.1, 0.15) is 0 Å². The van der Waals surface area contributed by atoms with Crippen molar-refractivity contribution in [2.75, 3.05) is 39.3 Å². The zero-order valence-corrected chi connectivity index (χ0v) is 11.0. The Hall–Kier alpha value is -0.120. The Kier molecular flexibility index (Phi) is 7.01. The van der Waals surface area contributed by atoms with E-state index in [2.05, 4.69) is 24.1 Å². The Morgan fingerprint density at radius 2 is 2.00 bits per heavy atom. The van der Waals surface area contributed by atoms with Crippen molar-refractivity contribution in [3.8, 4) is 0 Å². The van der Waals surface area contributed by atoms with Crippen molar-refractivity contribution in [3.63, 3.8) is 0 Å². The minimum Gasteiger partial charge on any atom is -0.329 e. The van der Waals surface area contributed by atoms with Crippen LogP contribution in [0.15, 0.2) is 0 Å². The third-order valence-electron chi connectivity index (χ3n) is 3.48. The molecule has 1 aliphatic rings. The number of nitrogens with one attached hydrogen (secondary N) is 1. The first-order valence-electron chi connectivity index (χ1n) is 6.85. The highest BCUT2D eigenvalue weighted by Crippen LogP contribution is 2.15. The van der Waals surface area contributed by atoms with Crippen molar-refractivity contribution in [1.82, 2.24) is 10.2 Å². The Balaban J connectivity index is 1.99. The van der Waals surface area contributed by atoms with E-state index in [1.807, 2.05) is 0 Å². The predicted octanol–water partition coefficient (Wildman–Crippen LogP) is 1.29. The average molecular weight is 227 g/mol. The van der Waals surface area contributed by atoms with Gasteiger partial charge in [0.25, 0.3) is 0 Å². The van der Waals surface area contributed by atoms with Gasteiger partial charge in [-0.1, -0.05) is 13.8 Å². The van der Waals surface area contributed by atoms with Crippen molar-refractivity contribution in [2.24, 2.45) is 17.6 Å². The normalized spacial score (nSPS) is 19.5. The Bertz CT molecular complexity index is 163. The topological polar surface area (TPSA) is 41.3 Å². The van der Waals surface area contributed by atoms with Crippen LogP contribution in [0.2, 0.25) is 0 Å². The molecule has 1 rings (SSSR count). The van der Waals surface area contributed by atoms with Crippen molar-refractivity contribution in [2.45, 2.75) is 33.1 Å². The van der Waals surface area contributed by atoms with E-state index < -0.39 is 0 Å². The first-order valence-corrected chi connectivity index (χ1v) is 6.85. The standard InChI is InChI=1S/C13H29N3/c1-12(2)3-7-15-11-13-4-8-16(9-5-13)10-6-14/h12-13,15H,3-11,14H2,1-2H3. The number of hydrogen-bond donors (Lipinski definition) is 2. The van der Waals surface area contributed by atoms with Gasteiger partial charge in [0.05, 0.1) is 0 Å². The number of nitrogens with two attached hydrogens (primary N) is 1. The quantitative estimate of drug-likeness (QED) is 0.644. The largest absolute Gasteiger partial charge is 0.329 e. The summed E-state index contributed by atoms with van der Waals surface area (Å²) in [5.74, 6) is 1.71. The molecule has 1 aliphatic heterocycles. The lowest BCUT2D eigenvalue weighted by Crippen LogP contribution is -2.39. The van der Waals surface area contributed by atoms with E-state index in [9.17, 15) is 0 Å². The summed E-state index contributed by atoms with van der Waals surface area (Å²) in [6.45, 7) is 11.3. The van der Waals surface area contributed by atoms with Crippen molar-refractivity contribution >= 4 is 0 Å². The third kappa shape index (κ3) is 5.83. The first kappa shape index (κ1) is 13.9. The zero-order chi connectivity index (χ0) is 11.8. The smallest absolute Gasteiger partial charge is 0.0105 e. The summed E-state index contributed by atoms with van der Waals surface area (Å²) in [5, 5.41) is 3.59. The van der Waals surface area contributed by atoms with E-state index in [1.54, 1.807) is 0 Å². The molecular formula is C13H29N3. The summed E-state index contributed by atoms with van der Waals surface area (Å²) in [4.78, 5) is 2.49. The Morgan fingerprint density at radius 1 is 1.31 bits per heavy atom. The molecule has 0 aromatic heterocycles. The number of likely N-dealkylation sites (tertiary alicyclic amines) is 1. The minimum absolute atomic E-state index is 0.803. The van der Waals surface area contributed by atoms with E-state index in [1.165, 1.54) is 45.4 Å². The SMILES string of the molecule is CC(C)CCNCC1CCN(CCN)CC1. The van der Waals surface area contributed by atoms with Gasteiger partial charge in [-0.3, -0.25) is 0 Å². The molecule has 0 aliphatic carbocycles. The molecule has 1 saturated heterocycles. The van der Waals surface area contributed by atoms with Crippen LogP contribution in [0.25, 0.3) is 0 Å². The fourth-order valence-electron chi connectivity index (χ4n) is 2.29. The Morgan fingerprint density at radius 3 is 2.56 bits per heavy atom. The zero-order valence-electron chi connectivity index (χ0n) is 11.0. The molecule has 0 amide bonds. The molecule has 0 aromatic carbocycles. The average Bonchev–Trinajstić information content (AvgIpc) is 2.27. The molecule has 0 unspecified atom stereocenters.